The van der Waals surface area contributed by atoms with Crippen LogP contribution in [0.1, 0.15) is 11.1 Å². The number of aryl methyl sites for hydroxylation is 2. The molecular weight excluding hydrogens is 384 g/mol. The van der Waals surface area contributed by atoms with Crippen molar-refractivity contribution in [1.82, 2.24) is 9.97 Å². The molecule has 0 aliphatic heterocycles. The molecule has 0 spiro atoms. The monoisotopic (exact) mass is 404 g/mol. The second-order valence-corrected chi connectivity index (χ2v) is 9.09. The number of hydrogen-bond donors (Lipinski definition) is 0. The summed E-state index contributed by atoms with van der Waals surface area (Å²) in [5, 5.41) is 0.952. The third kappa shape index (κ3) is 3.74. The Morgan fingerprint density at radius 1 is 0.821 bits per heavy atom. The topological polar surface area (TPSA) is 48.8 Å². The highest BCUT2D eigenvalue weighted by Crippen LogP contribution is 2.40. The highest BCUT2D eigenvalue weighted by Gasteiger charge is 2.17. The van der Waals surface area contributed by atoms with Crippen molar-refractivity contribution in [2.75, 3.05) is 6.26 Å². The van der Waals surface area contributed by atoms with E-state index in [9.17, 15) is 4.55 Å². The fourth-order valence-corrected chi connectivity index (χ4v) is 4.63. The fraction of sp³-hybridized carbons (Fsp3) is 0.130. The van der Waals surface area contributed by atoms with Gasteiger partial charge < -0.3 is 4.55 Å². The van der Waals surface area contributed by atoms with E-state index >= 15 is 0 Å². The lowest BCUT2D eigenvalue weighted by atomic mass is 10.0. The summed E-state index contributed by atoms with van der Waals surface area (Å²) in [7, 11) is 0. The smallest absolute Gasteiger partial charge is 0.152 e. The first-order valence-corrected chi connectivity index (χ1v) is 11.3. The van der Waals surface area contributed by atoms with E-state index in [2.05, 4.69) is 37.0 Å². The van der Waals surface area contributed by atoms with Gasteiger partial charge in [-0.1, -0.05) is 12.1 Å². The number of nitrogens with zero attached hydrogens (tertiary/aromatic N) is 2. The van der Waals surface area contributed by atoms with Gasteiger partial charge in [0, 0.05) is 23.5 Å². The molecule has 2 aromatic carbocycles. The first-order chi connectivity index (χ1) is 13.5. The predicted octanol–water partition coefficient (Wildman–Crippen LogP) is 5.89. The van der Waals surface area contributed by atoms with Gasteiger partial charge in [-0.3, -0.25) is 4.98 Å². The van der Waals surface area contributed by atoms with E-state index in [-0.39, 0.29) is 0 Å². The number of benzene rings is 2. The van der Waals surface area contributed by atoms with Gasteiger partial charge in [-0.15, -0.1) is 11.3 Å². The highest BCUT2D eigenvalue weighted by molar-refractivity contribution is 7.90. The minimum Gasteiger partial charge on any atom is -0.612 e. The van der Waals surface area contributed by atoms with Crippen LogP contribution >= 0.6 is 11.3 Å². The Morgan fingerprint density at radius 3 is 2.14 bits per heavy atom. The van der Waals surface area contributed by atoms with E-state index in [4.69, 9.17) is 4.98 Å². The van der Waals surface area contributed by atoms with Gasteiger partial charge >= 0.3 is 0 Å². The van der Waals surface area contributed by atoms with Crippen molar-refractivity contribution >= 4 is 22.5 Å². The molecule has 2 heterocycles. The van der Waals surface area contributed by atoms with Gasteiger partial charge in [-0.2, -0.15) is 0 Å². The lowest BCUT2D eigenvalue weighted by Gasteiger charge is -2.06. The molecule has 5 heteroatoms. The van der Waals surface area contributed by atoms with E-state index in [1.165, 1.54) is 11.1 Å². The molecule has 0 radical (unpaired) electrons. The van der Waals surface area contributed by atoms with Crippen LogP contribution < -0.4 is 0 Å². The lowest BCUT2D eigenvalue weighted by molar-refractivity contribution is 0.601. The molecule has 0 aliphatic carbocycles. The van der Waals surface area contributed by atoms with Crippen molar-refractivity contribution in [2.45, 2.75) is 18.7 Å². The molecule has 2 aromatic heterocycles. The van der Waals surface area contributed by atoms with Gasteiger partial charge in [-0.25, -0.2) is 4.98 Å². The quantitative estimate of drug-likeness (QED) is 0.398. The van der Waals surface area contributed by atoms with Crippen LogP contribution in [0.2, 0.25) is 0 Å². The zero-order valence-corrected chi connectivity index (χ0v) is 17.6. The molecule has 0 bridgehead atoms. The minimum atomic E-state index is -0.981. The first kappa shape index (κ1) is 18.9. The van der Waals surface area contributed by atoms with Gasteiger partial charge in [0.05, 0.1) is 10.6 Å². The molecule has 3 nitrogen and oxygen atoms in total. The van der Waals surface area contributed by atoms with Gasteiger partial charge in [0.15, 0.2) is 4.90 Å². The lowest BCUT2D eigenvalue weighted by Crippen LogP contribution is -1.96. The molecule has 0 aliphatic rings. The maximum absolute atomic E-state index is 11.7. The maximum Gasteiger partial charge on any atom is 0.152 e. The van der Waals surface area contributed by atoms with E-state index in [0.29, 0.717) is 0 Å². The molecule has 1 unspecified atom stereocenters. The molecule has 4 rings (SSSR count). The van der Waals surface area contributed by atoms with E-state index in [1.807, 2.05) is 48.8 Å². The second kappa shape index (κ2) is 7.87. The molecule has 0 saturated heterocycles. The van der Waals surface area contributed by atoms with Crippen molar-refractivity contribution < 1.29 is 4.55 Å². The average molecular weight is 405 g/mol. The molecule has 0 saturated carbocycles. The van der Waals surface area contributed by atoms with Gasteiger partial charge in [0.2, 0.25) is 0 Å². The first-order valence-electron chi connectivity index (χ1n) is 8.95. The molecule has 140 valence electrons. The largest absolute Gasteiger partial charge is 0.612 e. The van der Waals surface area contributed by atoms with Crippen molar-refractivity contribution in [1.29, 1.82) is 0 Å². The number of aromatic nitrogens is 2. The SMILES string of the molecule is Cc1ccc(-c2nc(-c3ccc([S+](C)[O-])cc3)sc2-c2ccncc2)cc1C. The molecule has 0 N–H and O–H groups in total. The van der Waals surface area contributed by atoms with Crippen LogP contribution in [-0.2, 0) is 11.2 Å². The van der Waals surface area contributed by atoms with Crippen LogP contribution in [0, 0.1) is 13.8 Å². The minimum absolute atomic E-state index is 0.823. The molecule has 0 fully saturated rings. The van der Waals surface area contributed by atoms with Crippen molar-refractivity contribution in [3.63, 3.8) is 0 Å². The van der Waals surface area contributed by atoms with Gasteiger partial charge in [0.1, 0.15) is 11.3 Å². The number of hydrogen-bond acceptors (Lipinski definition) is 4. The summed E-state index contributed by atoms with van der Waals surface area (Å²) in [6.45, 7) is 4.25. The fourth-order valence-electron chi connectivity index (χ4n) is 3.02. The van der Waals surface area contributed by atoms with Crippen LogP contribution in [0.4, 0.5) is 0 Å². The van der Waals surface area contributed by atoms with Gasteiger partial charge in [-0.05, 0) is 84.2 Å². The Morgan fingerprint density at radius 2 is 1.50 bits per heavy atom. The summed E-state index contributed by atoms with van der Waals surface area (Å²) < 4.78 is 11.7. The summed E-state index contributed by atoms with van der Waals surface area (Å²) in [5.41, 5.74) is 6.76. The Kier molecular flexibility index (Phi) is 5.31. The van der Waals surface area contributed by atoms with Crippen LogP contribution in [0.5, 0.6) is 0 Å². The second-order valence-electron chi connectivity index (χ2n) is 6.71. The normalized spacial score (nSPS) is 12.1. The summed E-state index contributed by atoms with van der Waals surface area (Å²) >= 11 is 0.689. The predicted molar refractivity (Wildman–Crippen MR) is 118 cm³/mol. The molecule has 1 atom stereocenters. The Bertz CT molecular complexity index is 1100. The van der Waals surface area contributed by atoms with Crippen molar-refractivity contribution in [2.24, 2.45) is 0 Å². The molecular formula is C23H20N2OS2. The highest BCUT2D eigenvalue weighted by atomic mass is 32.2. The van der Waals surface area contributed by atoms with Crippen LogP contribution in [0.3, 0.4) is 0 Å². The zero-order chi connectivity index (χ0) is 19.7. The summed E-state index contributed by atoms with van der Waals surface area (Å²) in [6, 6.07) is 18.3. The molecule has 0 amide bonds. The molecule has 28 heavy (non-hydrogen) atoms. The third-order valence-electron chi connectivity index (χ3n) is 4.78. The van der Waals surface area contributed by atoms with E-state index < -0.39 is 11.2 Å². The standard InChI is InChI=1S/C23H20N2OS2/c1-15-4-5-19(14-16(15)2)21-22(17-10-12-24-13-11-17)27-23(25-21)18-6-8-20(9-7-18)28(3)26/h4-14H,1-3H3. The summed E-state index contributed by atoms with van der Waals surface area (Å²) in [5.74, 6) is 0. The van der Waals surface area contributed by atoms with Crippen molar-refractivity contribution in [3.8, 4) is 32.3 Å². The summed E-state index contributed by atoms with van der Waals surface area (Å²) in [4.78, 5) is 11.1. The average Bonchev–Trinajstić information content (AvgIpc) is 3.16. The Labute approximate surface area is 172 Å². The Balaban J connectivity index is 1.85. The van der Waals surface area contributed by atoms with E-state index in [1.54, 1.807) is 17.6 Å². The van der Waals surface area contributed by atoms with Crippen LogP contribution in [0.15, 0.2) is 71.9 Å². The maximum atomic E-state index is 11.7. The number of pyridine rings is 1. The summed E-state index contributed by atoms with van der Waals surface area (Å²) in [6.07, 6.45) is 5.31. The zero-order valence-electron chi connectivity index (χ0n) is 16.0. The van der Waals surface area contributed by atoms with Gasteiger partial charge in [0.25, 0.3) is 0 Å². The van der Waals surface area contributed by atoms with Crippen LogP contribution in [-0.4, -0.2) is 20.8 Å². The molecule has 4 aromatic rings. The van der Waals surface area contributed by atoms with Crippen LogP contribution in [0.25, 0.3) is 32.3 Å². The van der Waals surface area contributed by atoms with Crippen molar-refractivity contribution in [3.05, 3.63) is 78.1 Å². The Hall–Kier alpha value is -2.47. The number of rotatable bonds is 4. The third-order valence-corrected chi connectivity index (χ3v) is 6.87. The van der Waals surface area contributed by atoms with E-state index in [0.717, 1.165) is 37.2 Å². The number of thiazole rings is 1.